The van der Waals surface area contributed by atoms with Crippen LogP contribution in [0.2, 0.25) is 0 Å². The molecule has 0 aromatic heterocycles. The molecule has 1 heterocycles. The molecule has 8 nitrogen and oxygen atoms in total. The molecule has 100 valence electrons. The van der Waals surface area contributed by atoms with Crippen LogP contribution in [-0.4, -0.2) is 60.5 Å². The molecule has 2 N–H and O–H groups in total. The number of methoxy groups -OCH3 is 1. The number of nitrogens with one attached hydrogen (secondary N) is 1. The quantitative estimate of drug-likeness (QED) is 0.563. The summed E-state index contributed by atoms with van der Waals surface area (Å²) in [7, 11) is 1.23. The summed E-state index contributed by atoms with van der Waals surface area (Å²) in [6.45, 7) is -0.632. The average molecular weight is 258 g/mol. The highest BCUT2D eigenvalue weighted by Gasteiger charge is 2.35. The fourth-order valence-corrected chi connectivity index (χ4v) is 1.65. The number of nitrogens with zero attached hydrogens (tertiary/aromatic N) is 1. The lowest BCUT2D eigenvalue weighted by atomic mass is 10.1. The van der Waals surface area contributed by atoms with Gasteiger partial charge in [0.2, 0.25) is 11.8 Å². The first-order chi connectivity index (χ1) is 8.43. The third-order valence-corrected chi connectivity index (χ3v) is 2.52. The summed E-state index contributed by atoms with van der Waals surface area (Å²) >= 11 is 0. The van der Waals surface area contributed by atoms with Gasteiger partial charge in [0.1, 0.15) is 6.54 Å². The number of ether oxygens (including phenoxy) is 1. The van der Waals surface area contributed by atoms with Crippen LogP contribution in [0.5, 0.6) is 0 Å². The second-order valence-electron chi connectivity index (χ2n) is 3.87. The predicted octanol–water partition coefficient (Wildman–Crippen LogP) is -1.79. The molecule has 2 amide bonds. The summed E-state index contributed by atoms with van der Waals surface area (Å²) in [5, 5.41) is 10.5. The van der Waals surface area contributed by atoms with Crippen molar-refractivity contribution < 1.29 is 29.0 Å². The van der Waals surface area contributed by atoms with Crippen molar-refractivity contribution in [3.8, 4) is 0 Å². The van der Waals surface area contributed by atoms with Crippen LogP contribution in [0.1, 0.15) is 6.42 Å². The van der Waals surface area contributed by atoms with E-state index in [2.05, 4.69) is 10.1 Å². The number of esters is 1. The summed E-state index contributed by atoms with van der Waals surface area (Å²) in [5.74, 6) is -3.11. The predicted molar refractivity (Wildman–Crippen MR) is 57.3 cm³/mol. The minimum absolute atomic E-state index is 0.0128. The van der Waals surface area contributed by atoms with Crippen molar-refractivity contribution in [3.63, 3.8) is 0 Å². The summed E-state index contributed by atoms with van der Waals surface area (Å²) in [6.07, 6.45) is 0.0128. The third kappa shape index (κ3) is 3.72. The lowest BCUT2D eigenvalue weighted by Crippen LogP contribution is -2.40. The van der Waals surface area contributed by atoms with Crippen LogP contribution in [0.3, 0.4) is 0 Å². The van der Waals surface area contributed by atoms with Crippen molar-refractivity contribution in [2.24, 2.45) is 5.92 Å². The first-order valence-corrected chi connectivity index (χ1v) is 5.28. The van der Waals surface area contributed by atoms with E-state index in [1.807, 2.05) is 0 Å². The molecule has 1 aliphatic heterocycles. The molecule has 1 saturated heterocycles. The van der Waals surface area contributed by atoms with E-state index < -0.39 is 30.3 Å². The van der Waals surface area contributed by atoms with Gasteiger partial charge in [-0.15, -0.1) is 0 Å². The highest BCUT2D eigenvalue weighted by Crippen LogP contribution is 2.18. The van der Waals surface area contributed by atoms with Crippen LogP contribution in [0, 0.1) is 5.92 Å². The molecule has 0 aromatic carbocycles. The number of hydrogen-bond acceptors (Lipinski definition) is 5. The molecule has 0 bridgehead atoms. The SMILES string of the molecule is COC(=O)C1CC(=O)N(CC(=O)NCC(=O)O)C1. The Bertz CT molecular complexity index is 381. The molecule has 0 aromatic rings. The molecule has 8 heteroatoms. The zero-order valence-electron chi connectivity index (χ0n) is 9.84. The first-order valence-electron chi connectivity index (χ1n) is 5.28. The van der Waals surface area contributed by atoms with Crippen LogP contribution < -0.4 is 5.32 Å². The smallest absolute Gasteiger partial charge is 0.322 e. The molecule has 0 saturated carbocycles. The van der Waals surface area contributed by atoms with Crippen molar-refractivity contribution in [3.05, 3.63) is 0 Å². The second kappa shape index (κ2) is 5.99. The van der Waals surface area contributed by atoms with Crippen molar-refractivity contribution in [1.29, 1.82) is 0 Å². The highest BCUT2D eigenvalue weighted by atomic mass is 16.5. The monoisotopic (exact) mass is 258 g/mol. The molecule has 0 spiro atoms. The van der Waals surface area contributed by atoms with Gasteiger partial charge in [-0.25, -0.2) is 0 Å². The molecule has 1 rings (SSSR count). The van der Waals surface area contributed by atoms with E-state index in [1.54, 1.807) is 0 Å². The molecular formula is C10H14N2O6. The van der Waals surface area contributed by atoms with Crippen LogP contribution in [0.15, 0.2) is 0 Å². The molecule has 1 aliphatic rings. The van der Waals surface area contributed by atoms with E-state index in [9.17, 15) is 19.2 Å². The van der Waals surface area contributed by atoms with Gasteiger partial charge in [-0.05, 0) is 0 Å². The lowest BCUT2D eigenvalue weighted by molar-refractivity contribution is -0.145. The first kappa shape index (κ1) is 13.9. The Morgan fingerprint density at radius 1 is 1.50 bits per heavy atom. The van der Waals surface area contributed by atoms with Crippen LogP contribution in [-0.2, 0) is 23.9 Å². The highest BCUT2D eigenvalue weighted by molar-refractivity contribution is 5.90. The maximum absolute atomic E-state index is 11.5. The van der Waals surface area contributed by atoms with Gasteiger partial charge in [0.25, 0.3) is 0 Å². The van der Waals surface area contributed by atoms with Gasteiger partial charge < -0.3 is 20.1 Å². The third-order valence-electron chi connectivity index (χ3n) is 2.52. The van der Waals surface area contributed by atoms with Gasteiger partial charge in [-0.2, -0.15) is 0 Å². The number of carboxylic acid groups (broad SMARTS) is 1. The van der Waals surface area contributed by atoms with Gasteiger partial charge in [0.15, 0.2) is 0 Å². The maximum Gasteiger partial charge on any atom is 0.322 e. The number of likely N-dealkylation sites (tertiary alicyclic amines) is 1. The molecule has 0 radical (unpaired) electrons. The average Bonchev–Trinajstić information content (AvgIpc) is 2.67. The Kier molecular flexibility index (Phi) is 4.64. The Labute approximate surface area is 103 Å². The van der Waals surface area contributed by atoms with Gasteiger partial charge in [-0.1, -0.05) is 0 Å². The number of carbonyl (C=O) groups is 4. The van der Waals surface area contributed by atoms with Crippen molar-refractivity contribution in [2.75, 3.05) is 26.7 Å². The number of rotatable bonds is 5. The Morgan fingerprint density at radius 3 is 2.72 bits per heavy atom. The number of aliphatic carboxylic acids is 1. The molecule has 1 atom stereocenters. The Hall–Kier alpha value is -2.12. The van der Waals surface area contributed by atoms with Gasteiger partial charge >= 0.3 is 11.9 Å². The number of carbonyl (C=O) groups excluding carboxylic acids is 3. The summed E-state index contributed by atoms with van der Waals surface area (Å²) in [5.41, 5.74) is 0. The van der Waals surface area contributed by atoms with E-state index >= 15 is 0 Å². The minimum Gasteiger partial charge on any atom is -0.480 e. The van der Waals surface area contributed by atoms with Crippen LogP contribution in [0.4, 0.5) is 0 Å². The second-order valence-corrected chi connectivity index (χ2v) is 3.87. The molecule has 1 unspecified atom stereocenters. The Morgan fingerprint density at radius 2 is 2.17 bits per heavy atom. The summed E-state index contributed by atoms with van der Waals surface area (Å²) in [6, 6.07) is 0. The van der Waals surface area contributed by atoms with Gasteiger partial charge in [0.05, 0.1) is 19.6 Å². The zero-order valence-corrected chi connectivity index (χ0v) is 9.84. The zero-order chi connectivity index (χ0) is 13.7. The maximum atomic E-state index is 11.5. The van der Waals surface area contributed by atoms with E-state index in [4.69, 9.17) is 5.11 Å². The fourth-order valence-electron chi connectivity index (χ4n) is 1.65. The minimum atomic E-state index is -1.16. The number of hydrogen-bond donors (Lipinski definition) is 2. The van der Waals surface area contributed by atoms with Crippen molar-refractivity contribution >= 4 is 23.8 Å². The summed E-state index contributed by atoms with van der Waals surface area (Å²) < 4.78 is 4.52. The molecule has 18 heavy (non-hydrogen) atoms. The number of carboxylic acids is 1. The van der Waals surface area contributed by atoms with Crippen LogP contribution in [0.25, 0.3) is 0 Å². The normalized spacial score (nSPS) is 18.6. The standard InChI is InChI=1S/C10H14N2O6/c1-18-10(17)6-2-8(14)12(4-6)5-7(13)11-3-9(15)16/h6H,2-5H2,1H3,(H,11,13)(H,15,16). The number of amides is 2. The van der Waals surface area contributed by atoms with Crippen LogP contribution >= 0.6 is 0 Å². The van der Waals surface area contributed by atoms with Crippen molar-refractivity contribution in [2.45, 2.75) is 6.42 Å². The van der Waals surface area contributed by atoms with E-state index in [1.165, 1.54) is 12.0 Å². The Balaban J connectivity index is 2.43. The molecule has 1 fully saturated rings. The topological polar surface area (TPSA) is 113 Å². The van der Waals surface area contributed by atoms with Crippen molar-refractivity contribution in [1.82, 2.24) is 10.2 Å². The summed E-state index contributed by atoms with van der Waals surface area (Å²) in [4.78, 5) is 45.5. The molecular weight excluding hydrogens is 244 g/mol. The van der Waals surface area contributed by atoms with E-state index in [0.717, 1.165) is 0 Å². The largest absolute Gasteiger partial charge is 0.480 e. The molecule has 0 aliphatic carbocycles. The van der Waals surface area contributed by atoms with E-state index in [0.29, 0.717) is 0 Å². The lowest BCUT2D eigenvalue weighted by Gasteiger charge is -2.15. The fraction of sp³-hybridized carbons (Fsp3) is 0.600. The van der Waals surface area contributed by atoms with Gasteiger partial charge in [0, 0.05) is 13.0 Å². The van der Waals surface area contributed by atoms with Gasteiger partial charge in [-0.3, -0.25) is 19.2 Å². The van der Waals surface area contributed by atoms with E-state index in [-0.39, 0.29) is 25.4 Å².